The number of nitrogens with one attached hydrogen (secondary N) is 1. The monoisotopic (exact) mass is 448 g/mol. The number of aryl methyl sites for hydroxylation is 1. The zero-order valence-corrected chi connectivity index (χ0v) is 18.3. The molecule has 0 radical (unpaired) electrons. The van der Waals surface area contributed by atoms with Gasteiger partial charge in [0.1, 0.15) is 22.3 Å². The van der Waals surface area contributed by atoms with Gasteiger partial charge in [-0.2, -0.15) is 5.10 Å². The van der Waals surface area contributed by atoms with Gasteiger partial charge in [-0.05, 0) is 37.3 Å². The number of carbonyl (C=O) groups is 1. The van der Waals surface area contributed by atoms with Gasteiger partial charge >= 0.3 is 0 Å². The number of para-hydroxylation sites is 1. The van der Waals surface area contributed by atoms with Gasteiger partial charge in [-0.25, -0.2) is 4.98 Å². The first-order valence-corrected chi connectivity index (χ1v) is 10.9. The third kappa shape index (κ3) is 4.02. The molecule has 162 valence electrons. The molecular weight excluding hydrogens is 428 g/mol. The highest BCUT2D eigenvalue weighted by molar-refractivity contribution is 7.13. The maximum Gasteiger partial charge on any atom is 0.266 e. The third-order valence-electron chi connectivity index (χ3n) is 4.95. The standard InChI is InChI=1S/C23H20N4O4S/c1-14(31-16-6-4-3-5-7-16)22(28)25-21-11-17(26-27(21)2)23-24-18(12-32-23)15-8-9-19-20(10-15)30-13-29-19/h3-12,14H,13H2,1-2H3,(H,25,28). The van der Waals surface area contributed by atoms with E-state index in [-0.39, 0.29) is 12.7 Å². The lowest BCUT2D eigenvalue weighted by Gasteiger charge is -2.14. The van der Waals surface area contributed by atoms with E-state index in [4.69, 9.17) is 19.2 Å². The molecule has 8 nitrogen and oxygen atoms in total. The second kappa shape index (κ2) is 8.35. The van der Waals surface area contributed by atoms with E-state index in [9.17, 15) is 4.79 Å². The molecule has 32 heavy (non-hydrogen) atoms. The van der Waals surface area contributed by atoms with E-state index in [1.165, 1.54) is 11.3 Å². The molecule has 1 aliphatic heterocycles. The molecule has 0 spiro atoms. The Morgan fingerprint density at radius 3 is 2.78 bits per heavy atom. The minimum atomic E-state index is -0.659. The zero-order valence-electron chi connectivity index (χ0n) is 17.4. The summed E-state index contributed by atoms with van der Waals surface area (Å²) >= 11 is 1.48. The van der Waals surface area contributed by atoms with Crippen molar-refractivity contribution in [2.24, 2.45) is 7.05 Å². The Morgan fingerprint density at radius 1 is 1.12 bits per heavy atom. The Bertz CT molecular complexity index is 1270. The number of hydrogen-bond acceptors (Lipinski definition) is 7. The average molecular weight is 449 g/mol. The summed E-state index contributed by atoms with van der Waals surface area (Å²) in [5, 5.41) is 10.1. The van der Waals surface area contributed by atoms with Crippen molar-refractivity contribution in [1.29, 1.82) is 0 Å². The molecule has 3 heterocycles. The van der Waals surface area contributed by atoms with E-state index in [1.54, 1.807) is 24.7 Å². The fraction of sp³-hybridized carbons (Fsp3) is 0.174. The zero-order chi connectivity index (χ0) is 22.1. The average Bonchev–Trinajstić information content (AvgIpc) is 3.54. The normalized spacial score (nSPS) is 13.1. The van der Waals surface area contributed by atoms with Crippen molar-refractivity contribution in [3.63, 3.8) is 0 Å². The number of aromatic nitrogens is 3. The van der Waals surface area contributed by atoms with Gasteiger partial charge in [-0.3, -0.25) is 9.48 Å². The molecule has 1 atom stereocenters. The van der Waals surface area contributed by atoms with E-state index >= 15 is 0 Å². The lowest BCUT2D eigenvalue weighted by molar-refractivity contribution is -0.122. The molecule has 1 unspecified atom stereocenters. The summed E-state index contributed by atoms with van der Waals surface area (Å²) in [6.45, 7) is 1.94. The molecule has 0 bridgehead atoms. The van der Waals surface area contributed by atoms with Gasteiger partial charge in [0.2, 0.25) is 6.79 Å². The quantitative estimate of drug-likeness (QED) is 0.472. The van der Waals surface area contributed by atoms with Crippen LogP contribution in [-0.2, 0) is 11.8 Å². The van der Waals surface area contributed by atoms with Crippen LogP contribution in [0.4, 0.5) is 5.82 Å². The summed E-state index contributed by atoms with van der Waals surface area (Å²) in [6, 6.07) is 16.8. The van der Waals surface area contributed by atoms with Gasteiger partial charge in [0.25, 0.3) is 5.91 Å². The fourth-order valence-corrected chi connectivity index (χ4v) is 4.04. The molecule has 1 amide bonds. The highest BCUT2D eigenvalue weighted by atomic mass is 32.1. The molecule has 1 N–H and O–H groups in total. The highest BCUT2D eigenvalue weighted by Gasteiger charge is 2.19. The molecule has 9 heteroatoms. The topological polar surface area (TPSA) is 87.5 Å². The molecule has 0 saturated carbocycles. The lowest BCUT2D eigenvalue weighted by atomic mass is 10.1. The minimum Gasteiger partial charge on any atom is -0.481 e. The number of carbonyl (C=O) groups excluding carboxylic acids is 1. The smallest absolute Gasteiger partial charge is 0.266 e. The summed E-state index contributed by atoms with van der Waals surface area (Å²) < 4.78 is 18.1. The number of fused-ring (bicyclic) bond motifs is 1. The van der Waals surface area contributed by atoms with E-state index in [0.717, 1.165) is 22.0 Å². The Kier molecular flexibility index (Phi) is 5.24. The minimum absolute atomic E-state index is 0.235. The van der Waals surface area contributed by atoms with Crippen LogP contribution >= 0.6 is 11.3 Å². The number of rotatable bonds is 6. The number of nitrogens with zero attached hydrogens (tertiary/aromatic N) is 3. The van der Waals surface area contributed by atoms with Crippen molar-refractivity contribution >= 4 is 23.1 Å². The van der Waals surface area contributed by atoms with Crippen LogP contribution in [0.3, 0.4) is 0 Å². The Morgan fingerprint density at radius 2 is 1.94 bits per heavy atom. The summed E-state index contributed by atoms with van der Waals surface area (Å²) in [5.41, 5.74) is 2.44. The summed E-state index contributed by atoms with van der Waals surface area (Å²) in [6.07, 6.45) is -0.659. The number of thiazole rings is 1. The van der Waals surface area contributed by atoms with E-state index < -0.39 is 6.10 Å². The maximum atomic E-state index is 12.6. The van der Waals surface area contributed by atoms with Crippen LogP contribution in [0, 0.1) is 0 Å². The molecule has 5 rings (SSSR count). The molecule has 2 aromatic carbocycles. The van der Waals surface area contributed by atoms with Crippen LogP contribution in [0.15, 0.2) is 60.0 Å². The van der Waals surface area contributed by atoms with E-state index in [2.05, 4.69) is 10.4 Å². The van der Waals surface area contributed by atoms with Crippen LogP contribution in [0.5, 0.6) is 17.2 Å². The number of anilines is 1. The fourth-order valence-electron chi connectivity index (χ4n) is 3.25. The van der Waals surface area contributed by atoms with Crippen LogP contribution in [0.1, 0.15) is 6.92 Å². The Labute approximate surface area is 188 Å². The first kappa shape index (κ1) is 20.1. The number of amides is 1. The molecular formula is C23H20N4O4S. The highest BCUT2D eigenvalue weighted by Crippen LogP contribution is 2.37. The molecule has 0 aliphatic carbocycles. The van der Waals surface area contributed by atoms with Crippen LogP contribution in [0.25, 0.3) is 22.0 Å². The molecule has 0 saturated heterocycles. The Hall–Kier alpha value is -3.85. The second-order valence-corrected chi connectivity index (χ2v) is 8.06. The van der Waals surface area contributed by atoms with Crippen molar-refractivity contribution in [1.82, 2.24) is 14.8 Å². The van der Waals surface area contributed by atoms with Crippen molar-refractivity contribution in [3.8, 4) is 39.2 Å². The van der Waals surface area contributed by atoms with Crippen LogP contribution in [-0.4, -0.2) is 33.6 Å². The Balaban J connectivity index is 1.30. The second-order valence-electron chi connectivity index (χ2n) is 7.21. The predicted octanol–water partition coefficient (Wildman–Crippen LogP) is 4.35. The van der Waals surface area contributed by atoms with Crippen molar-refractivity contribution < 1.29 is 19.0 Å². The van der Waals surface area contributed by atoms with Crippen LogP contribution < -0.4 is 19.5 Å². The largest absolute Gasteiger partial charge is 0.481 e. The third-order valence-corrected chi connectivity index (χ3v) is 5.81. The predicted molar refractivity (Wildman–Crippen MR) is 121 cm³/mol. The van der Waals surface area contributed by atoms with Crippen molar-refractivity contribution in [3.05, 3.63) is 60.0 Å². The molecule has 0 fully saturated rings. The lowest BCUT2D eigenvalue weighted by Crippen LogP contribution is -2.30. The van der Waals surface area contributed by atoms with Crippen molar-refractivity contribution in [2.75, 3.05) is 12.1 Å². The SMILES string of the molecule is CC(Oc1ccccc1)C(=O)Nc1cc(-c2nc(-c3ccc4c(c3)OCO4)cs2)nn1C. The van der Waals surface area contributed by atoms with Crippen molar-refractivity contribution in [2.45, 2.75) is 13.0 Å². The first-order valence-electron chi connectivity index (χ1n) is 9.99. The van der Waals surface area contributed by atoms with Gasteiger partial charge in [-0.15, -0.1) is 11.3 Å². The van der Waals surface area contributed by atoms with Crippen LogP contribution in [0.2, 0.25) is 0 Å². The van der Waals surface area contributed by atoms with E-state index in [1.807, 2.05) is 53.9 Å². The number of hydrogen-bond donors (Lipinski definition) is 1. The summed E-state index contributed by atoms with van der Waals surface area (Å²) in [4.78, 5) is 17.3. The summed E-state index contributed by atoms with van der Waals surface area (Å²) in [5.74, 6) is 2.39. The van der Waals surface area contributed by atoms with Gasteiger partial charge in [0.15, 0.2) is 17.6 Å². The summed E-state index contributed by atoms with van der Waals surface area (Å²) in [7, 11) is 1.77. The van der Waals surface area contributed by atoms with E-state index in [0.29, 0.717) is 23.0 Å². The number of ether oxygens (including phenoxy) is 3. The maximum absolute atomic E-state index is 12.6. The van der Waals surface area contributed by atoms with Gasteiger partial charge in [0, 0.05) is 24.1 Å². The molecule has 1 aliphatic rings. The van der Waals surface area contributed by atoms with Gasteiger partial charge in [-0.1, -0.05) is 18.2 Å². The molecule has 2 aromatic heterocycles. The van der Waals surface area contributed by atoms with Gasteiger partial charge < -0.3 is 19.5 Å². The first-order chi connectivity index (χ1) is 15.6. The molecule has 4 aromatic rings. The van der Waals surface area contributed by atoms with Gasteiger partial charge in [0.05, 0.1) is 5.69 Å². The number of benzene rings is 2.